The van der Waals surface area contributed by atoms with E-state index in [1.807, 2.05) is 6.07 Å². The molecule has 0 atom stereocenters. The summed E-state index contributed by atoms with van der Waals surface area (Å²) < 4.78 is 0. The van der Waals surface area contributed by atoms with Gasteiger partial charge in [0.2, 0.25) is 5.95 Å². The Bertz CT molecular complexity index is 999. The van der Waals surface area contributed by atoms with Crippen molar-refractivity contribution in [1.29, 1.82) is 5.26 Å². The quantitative estimate of drug-likeness (QED) is 0.683. The van der Waals surface area contributed by atoms with E-state index in [1.165, 1.54) is 12.3 Å². The van der Waals surface area contributed by atoms with E-state index in [9.17, 15) is 4.79 Å². The maximum absolute atomic E-state index is 12.3. The predicted octanol–water partition coefficient (Wildman–Crippen LogP) is 4.65. The molecule has 3 aromatic rings. The normalized spacial score (nSPS) is 10.0. The molecule has 8 heteroatoms. The van der Waals surface area contributed by atoms with Gasteiger partial charge in [0.1, 0.15) is 5.69 Å². The van der Waals surface area contributed by atoms with Crippen LogP contribution in [0.15, 0.2) is 54.7 Å². The SMILES string of the molecule is N#Cc1ccc(NC(=O)c2ccnc(Nc3ccc(Cl)cc3Cl)n2)cc1. The summed E-state index contributed by atoms with van der Waals surface area (Å²) in [6.07, 6.45) is 1.47. The van der Waals surface area contributed by atoms with Gasteiger partial charge < -0.3 is 10.6 Å². The minimum absolute atomic E-state index is 0.178. The summed E-state index contributed by atoms with van der Waals surface area (Å²) in [5.41, 5.74) is 1.82. The molecule has 0 saturated carbocycles. The molecule has 0 bridgehead atoms. The van der Waals surface area contributed by atoms with E-state index in [-0.39, 0.29) is 11.6 Å². The summed E-state index contributed by atoms with van der Waals surface area (Å²) in [6, 6.07) is 15.0. The summed E-state index contributed by atoms with van der Waals surface area (Å²) >= 11 is 12.0. The lowest BCUT2D eigenvalue weighted by atomic mass is 10.2. The minimum atomic E-state index is -0.401. The first-order chi connectivity index (χ1) is 12.5. The Morgan fingerprint density at radius 2 is 1.85 bits per heavy atom. The maximum Gasteiger partial charge on any atom is 0.274 e. The number of rotatable bonds is 4. The number of amides is 1. The van der Waals surface area contributed by atoms with E-state index >= 15 is 0 Å². The predicted molar refractivity (Wildman–Crippen MR) is 101 cm³/mol. The van der Waals surface area contributed by atoms with Crippen LogP contribution in [0.1, 0.15) is 16.1 Å². The van der Waals surface area contributed by atoms with E-state index in [0.29, 0.717) is 27.0 Å². The van der Waals surface area contributed by atoms with Crippen molar-refractivity contribution in [3.8, 4) is 6.07 Å². The third-order valence-corrected chi connectivity index (χ3v) is 3.89. The van der Waals surface area contributed by atoms with Gasteiger partial charge >= 0.3 is 0 Å². The first kappa shape index (κ1) is 17.7. The van der Waals surface area contributed by atoms with Gasteiger partial charge in [-0.1, -0.05) is 23.2 Å². The molecule has 2 N–H and O–H groups in total. The number of anilines is 3. The number of carbonyl (C=O) groups is 1. The molecule has 26 heavy (non-hydrogen) atoms. The average molecular weight is 384 g/mol. The van der Waals surface area contributed by atoms with Gasteiger partial charge in [-0.25, -0.2) is 9.97 Å². The van der Waals surface area contributed by atoms with Crippen LogP contribution in [0.25, 0.3) is 0 Å². The van der Waals surface area contributed by atoms with Crippen LogP contribution in [0.3, 0.4) is 0 Å². The smallest absolute Gasteiger partial charge is 0.274 e. The van der Waals surface area contributed by atoms with Crippen LogP contribution in [0.4, 0.5) is 17.3 Å². The van der Waals surface area contributed by atoms with Crippen LogP contribution in [0.5, 0.6) is 0 Å². The molecule has 0 aliphatic rings. The van der Waals surface area contributed by atoms with Crippen LogP contribution in [0, 0.1) is 11.3 Å². The van der Waals surface area contributed by atoms with Crippen molar-refractivity contribution in [1.82, 2.24) is 9.97 Å². The first-order valence-electron chi connectivity index (χ1n) is 7.42. The average Bonchev–Trinajstić information content (AvgIpc) is 2.65. The van der Waals surface area contributed by atoms with Gasteiger partial charge in [0.15, 0.2) is 0 Å². The molecule has 0 aliphatic carbocycles. The fourth-order valence-electron chi connectivity index (χ4n) is 2.08. The second-order valence-corrected chi connectivity index (χ2v) is 6.00. The highest BCUT2D eigenvalue weighted by atomic mass is 35.5. The van der Waals surface area contributed by atoms with Gasteiger partial charge in [0.25, 0.3) is 5.91 Å². The lowest BCUT2D eigenvalue weighted by Crippen LogP contribution is -2.14. The van der Waals surface area contributed by atoms with Gasteiger partial charge in [0.05, 0.1) is 22.3 Å². The molecule has 6 nitrogen and oxygen atoms in total. The van der Waals surface area contributed by atoms with Crippen molar-refractivity contribution < 1.29 is 4.79 Å². The third kappa shape index (κ3) is 4.28. The lowest BCUT2D eigenvalue weighted by Gasteiger charge is -2.09. The molecule has 3 rings (SSSR count). The molecule has 0 aliphatic heterocycles. The highest BCUT2D eigenvalue weighted by molar-refractivity contribution is 6.36. The number of halogens is 2. The number of aromatic nitrogens is 2. The van der Waals surface area contributed by atoms with Crippen molar-refractivity contribution in [3.05, 3.63) is 76.0 Å². The third-order valence-electron chi connectivity index (χ3n) is 3.34. The van der Waals surface area contributed by atoms with Gasteiger partial charge in [-0.3, -0.25) is 4.79 Å². The summed E-state index contributed by atoms with van der Waals surface area (Å²) in [6.45, 7) is 0. The van der Waals surface area contributed by atoms with Crippen LogP contribution in [0.2, 0.25) is 10.0 Å². The van der Waals surface area contributed by atoms with Crippen LogP contribution in [-0.4, -0.2) is 15.9 Å². The molecule has 2 aromatic carbocycles. The highest BCUT2D eigenvalue weighted by Gasteiger charge is 2.10. The number of carbonyl (C=O) groups excluding carboxylic acids is 1. The number of nitrogens with one attached hydrogen (secondary N) is 2. The van der Waals surface area contributed by atoms with Crippen LogP contribution >= 0.6 is 23.2 Å². The van der Waals surface area contributed by atoms with E-state index < -0.39 is 5.91 Å². The Morgan fingerprint density at radius 3 is 2.54 bits per heavy atom. The molecular weight excluding hydrogens is 373 g/mol. The van der Waals surface area contributed by atoms with E-state index in [4.69, 9.17) is 28.5 Å². The summed E-state index contributed by atoms with van der Waals surface area (Å²) in [5.74, 6) is -0.177. The Balaban J connectivity index is 1.75. The van der Waals surface area contributed by atoms with Gasteiger partial charge in [-0.15, -0.1) is 0 Å². The summed E-state index contributed by atoms with van der Waals surface area (Å²) in [5, 5.41) is 15.4. The Labute approximate surface area is 159 Å². The van der Waals surface area contributed by atoms with Crippen LogP contribution in [-0.2, 0) is 0 Å². The Morgan fingerprint density at radius 1 is 1.08 bits per heavy atom. The monoisotopic (exact) mass is 383 g/mol. The van der Waals surface area contributed by atoms with Crippen molar-refractivity contribution in [2.24, 2.45) is 0 Å². The second kappa shape index (κ2) is 7.83. The van der Waals surface area contributed by atoms with Crippen molar-refractivity contribution in [2.45, 2.75) is 0 Å². The maximum atomic E-state index is 12.3. The fourth-order valence-corrected chi connectivity index (χ4v) is 2.54. The topological polar surface area (TPSA) is 90.7 Å². The largest absolute Gasteiger partial charge is 0.323 e. The molecule has 0 radical (unpaired) electrons. The van der Waals surface area contributed by atoms with Gasteiger partial charge in [-0.05, 0) is 48.5 Å². The zero-order chi connectivity index (χ0) is 18.5. The number of nitrogens with zero attached hydrogens (tertiary/aromatic N) is 3. The molecule has 0 spiro atoms. The summed E-state index contributed by atoms with van der Waals surface area (Å²) in [4.78, 5) is 20.6. The fraction of sp³-hybridized carbons (Fsp3) is 0. The molecule has 1 aromatic heterocycles. The Hall–Kier alpha value is -3.14. The molecule has 0 unspecified atom stereocenters. The van der Waals surface area contributed by atoms with Crippen LogP contribution < -0.4 is 10.6 Å². The van der Waals surface area contributed by atoms with E-state index in [1.54, 1.807) is 42.5 Å². The summed E-state index contributed by atoms with van der Waals surface area (Å²) in [7, 11) is 0. The molecule has 128 valence electrons. The molecule has 0 fully saturated rings. The number of hydrogen-bond acceptors (Lipinski definition) is 5. The van der Waals surface area contributed by atoms with E-state index in [2.05, 4.69) is 20.6 Å². The van der Waals surface area contributed by atoms with Gasteiger partial charge in [0, 0.05) is 16.9 Å². The number of nitriles is 1. The van der Waals surface area contributed by atoms with Crippen molar-refractivity contribution >= 4 is 46.4 Å². The lowest BCUT2D eigenvalue weighted by molar-refractivity contribution is 0.102. The highest BCUT2D eigenvalue weighted by Crippen LogP contribution is 2.27. The standard InChI is InChI=1S/C18H11Cl2N5O/c19-12-3-6-15(14(20)9-12)24-18-22-8-7-16(25-18)17(26)23-13-4-1-11(10-21)2-5-13/h1-9H,(H,23,26)(H,22,24,25). The zero-order valence-corrected chi connectivity index (χ0v) is 14.7. The van der Waals surface area contributed by atoms with E-state index in [0.717, 1.165) is 0 Å². The molecule has 0 saturated heterocycles. The molecule has 1 amide bonds. The second-order valence-electron chi connectivity index (χ2n) is 5.16. The molecule has 1 heterocycles. The first-order valence-corrected chi connectivity index (χ1v) is 8.17. The van der Waals surface area contributed by atoms with Gasteiger partial charge in [-0.2, -0.15) is 5.26 Å². The van der Waals surface area contributed by atoms with Crippen molar-refractivity contribution in [3.63, 3.8) is 0 Å². The number of hydrogen-bond donors (Lipinski definition) is 2. The zero-order valence-electron chi connectivity index (χ0n) is 13.2. The molecular formula is C18H11Cl2N5O. The Kier molecular flexibility index (Phi) is 5.32. The van der Waals surface area contributed by atoms with Crippen molar-refractivity contribution in [2.75, 3.05) is 10.6 Å². The minimum Gasteiger partial charge on any atom is -0.323 e. The number of benzene rings is 2.